The van der Waals surface area contributed by atoms with Crippen LogP contribution in [0.4, 0.5) is 0 Å². The van der Waals surface area contributed by atoms with Gasteiger partial charge in [-0.05, 0) is 12.8 Å². The zero-order valence-corrected chi connectivity index (χ0v) is 14.7. The van der Waals surface area contributed by atoms with E-state index in [0.717, 1.165) is 0 Å². The molecule has 1 rings (SSSR count). The fourth-order valence-corrected chi connectivity index (χ4v) is 2.34. The first kappa shape index (κ1) is 20.5. The number of hydrogen-bond acceptors (Lipinski definition) is 9. The zero-order valence-electron chi connectivity index (χ0n) is 14.7. The van der Waals surface area contributed by atoms with Crippen molar-refractivity contribution in [1.82, 2.24) is 0 Å². The van der Waals surface area contributed by atoms with Crippen molar-refractivity contribution in [1.29, 1.82) is 0 Å². The Labute approximate surface area is 145 Å². The van der Waals surface area contributed by atoms with Crippen LogP contribution in [0.2, 0.25) is 0 Å². The van der Waals surface area contributed by atoms with Gasteiger partial charge in [-0.15, -0.1) is 0 Å². The molecule has 9 nitrogen and oxygen atoms in total. The average Bonchev–Trinajstić information content (AvgIpc) is 2.55. The van der Waals surface area contributed by atoms with Gasteiger partial charge in [0.2, 0.25) is 5.76 Å². The van der Waals surface area contributed by atoms with E-state index in [1.165, 1.54) is 27.9 Å². The van der Waals surface area contributed by atoms with Crippen molar-refractivity contribution < 1.29 is 42.9 Å². The van der Waals surface area contributed by atoms with Gasteiger partial charge in [0.25, 0.3) is 0 Å². The summed E-state index contributed by atoms with van der Waals surface area (Å²) < 4.78 is 25.3. The minimum absolute atomic E-state index is 0.0972. The molecular formula is C16H22O9. The smallest absolute Gasteiger partial charge is 0.373 e. The normalized spacial score (nSPS) is 16.2. The van der Waals surface area contributed by atoms with E-state index in [1.807, 2.05) is 0 Å². The molecule has 0 aliphatic carbocycles. The van der Waals surface area contributed by atoms with E-state index in [-0.39, 0.29) is 12.4 Å². The van der Waals surface area contributed by atoms with Crippen LogP contribution in [0.5, 0.6) is 0 Å². The van der Waals surface area contributed by atoms with E-state index in [9.17, 15) is 19.2 Å². The van der Waals surface area contributed by atoms with Gasteiger partial charge < -0.3 is 23.7 Å². The Balaban J connectivity index is 3.26. The van der Waals surface area contributed by atoms with Gasteiger partial charge in [0.1, 0.15) is 6.61 Å². The van der Waals surface area contributed by atoms with Crippen LogP contribution in [0.25, 0.3) is 0 Å². The van der Waals surface area contributed by atoms with Crippen LogP contribution in [0.1, 0.15) is 33.6 Å². The van der Waals surface area contributed by atoms with Gasteiger partial charge in [-0.1, -0.05) is 0 Å². The number of esters is 4. The first-order chi connectivity index (χ1) is 11.8. The summed E-state index contributed by atoms with van der Waals surface area (Å²) in [6.07, 6.45) is -1.34. The maximum absolute atomic E-state index is 11.9. The fourth-order valence-electron chi connectivity index (χ4n) is 2.34. The highest BCUT2D eigenvalue weighted by molar-refractivity contribution is 5.87. The lowest BCUT2D eigenvalue weighted by Crippen LogP contribution is -2.41. The quantitative estimate of drug-likeness (QED) is 0.478. The second-order valence-electron chi connectivity index (χ2n) is 5.28. The Morgan fingerprint density at radius 1 is 1.04 bits per heavy atom. The van der Waals surface area contributed by atoms with Gasteiger partial charge in [-0.2, -0.15) is 0 Å². The second kappa shape index (κ2) is 9.65. The van der Waals surface area contributed by atoms with Crippen LogP contribution in [-0.4, -0.2) is 56.4 Å². The van der Waals surface area contributed by atoms with Gasteiger partial charge in [0, 0.05) is 26.3 Å². The van der Waals surface area contributed by atoms with E-state index in [2.05, 4.69) is 4.74 Å². The van der Waals surface area contributed by atoms with Crippen LogP contribution >= 0.6 is 0 Å². The van der Waals surface area contributed by atoms with Gasteiger partial charge in [-0.3, -0.25) is 14.4 Å². The van der Waals surface area contributed by atoms with E-state index in [0.29, 0.717) is 25.0 Å². The van der Waals surface area contributed by atoms with Gasteiger partial charge >= 0.3 is 23.9 Å². The Hall–Kier alpha value is -2.58. The number of hydrogen-bond donors (Lipinski definition) is 0. The topological polar surface area (TPSA) is 114 Å². The highest BCUT2D eigenvalue weighted by Crippen LogP contribution is 2.28. The SMILES string of the molecule is COC(=O)C1=C([C@H](OC(C)=O)[C@@H](COC(C)=O)OC(C)=O)CCCO1. The molecule has 0 saturated carbocycles. The average molecular weight is 358 g/mol. The van der Waals surface area contributed by atoms with Crippen LogP contribution in [0.3, 0.4) is 0 Å². The molecule has 0 N–H and O–H groups in total. The molecule has 25 heavy (non-hydrogen) atoms. The summed E-state index contributed by atoms with van der Waals surface area (Å²) >= 11 is 0. The molecule has 0 saturated heterocycles. The Kier molecular flexibility index (Phi) is 7.90. The van der Waals surface area contributed by atoms with Crippen LogP contribution in [0.15, 0.2) is 11.3 Å². The monoisotopic (exact) mass is 358 g/mol. The molecule has 0 spiro atoms. The molecule has 0 aromatic rings. The van der Waals surface area contributed by atoms with Crippen molar-refractivity contribution in [3.8, 4) is 0 Å². The van der Waals surface area contributed by atoms with Crippen LogP contribution in [-0.2, 0) is 42.9 Å². The second-order valence-corrected chi connectivity index (χ2v) is 5.28. The Bertz CT molecular complexity index is 564. The third kappa shape index (κ3) is 6.44. The number of methoxy groups -OCH3 is 1. The van der Waals surface area contributed by atoms with Crippen molar-refractivity contribution in [2.45, 2.75) is 45.8 Å². The first-order valence-corrected chi connectivity index (χ1v) is 7.68. The summed E-state index contributed by atoms with van der Waals surface area (Å²) in [5.74, 6) is -2.75. The molecule has 2 atom stereocenters. The van der Waals surface area contributed by atoms with E-state index in [1.54, 1.807) is 0 Å². The van der Waals surface area contributed by atoms with Gasteiger partial charge in [0.15, 0.2) is 12.2 Å². The van der Waals surface area contributed by atoms with Crippen molar-refractivity contribution in [3.05, 3.63) is 11.3 Å². The molecule has 0 radical (unpaired) electrons. The summed E-state index contributed by atoms with van der Waals surface area (Å²) in [4.78, 5) is 46.0. The predicted molar refractivity (Wildman–Crippen MR) is 82.0 cm³/mol. The van der Waals surface area contributed by atoms with Crippen molar-refractivity contribution in [2.24, 2.45) is 0 Å². The maximum Gasteiger partial charge on any atom is 0.373 e. The maximum atomic E-state index is 11.9. The molecule has 0 fully saturated rings. The lowest BCUT2D eigenvalue weighted by Gasteiger charge is -2.30. The van der Waals surface area contributed by atoms with E-state index >= 15 is 0 Å². The fraction of sp³-hybridized carbons (Fsp3) is 0.625. The lowest BCUT2D eigenvalue weighted by molar-refractivity contribution is -0.170. The van der Waals surface area contributed by atoms with E-state index < -0.39 is 36.1 Å². The number of ether oxygens (including phenoxy) is 5. The highest BCUT2D eigenvalue weighted by Gasteiger charge is 2.37. The molecule has 0 amide bonds. The third-order valence-corrected chi connectivity index (χ3v) is 3.24. The van der Waals surface area contributed by atoms with Crippen LogP contribution in [0, 0.1) is 0 Å². The number of carbonyl (C=O) groups is 4. The predicted octanol–water partition coefficient (Wildman–Crippen LogP) is 0.650. The molecule has 0 aromatic heterocycles. The van der Waals surface area contributed by atoms with Gasteiger partial charge in [0.05, 0.1) is 13.7 Å². The van der Waals surface area contributed by atoms with Crippen molar-refractivity contribution >= 4 is 23.9 Å². The molecular weight excluding hydrogens is 336 g/mol. The Morgan fingerprint density at radius 3 is 2.20 bits per heavy atom. The van der Waals surface area contributed by atoms with Crippen molar-refractivity contribution in [2.75, 3.05) is 20.3 Å². The third-order valence-electron chi connectivity index (χ3n) is 3.24. The molecule has 1 heterocycles. The molecule has 1 aliphatic rings. The van der Waals surface area contributed by atoms with E-state index in [4.69, 9.17) is 18.9 Å². The largest absolute Gasteiger partial charge is 0.486 e. The summed E-state index contributed by atoms with van der Waals surface area (Å²) in [7, 11) is 1.19. The summed E-state index contributed by atoms with van der Waals surface area (Å²) in [6, 6.07) is 0. The molecule has 0 aromatic carbocycles. The highest BCUT2D eigenvalue weighted by atomic mass is 16.6. The summed E-state index contributed by atoms with van der Waals surface area (Å²) in [6.45, 7) is 3.48. The molecule has 9 heteroatoms. The number of carbonyl (C=O) groups excluding carboxylic acids is 4. The van der Waals surface area contributed by atoms with Crippen molar-refractivity contribution in [3.63, 3.8) is 0 Å². The van der Waals surface area contributed by atoms with Gasteiger partial charge in [-0.25, -0.2) is 4.79 Å². The zero-order chi connectivity index (χ0) is 19.0. The number of rotatable bonds is 7. The minimum atomic E-state index is -1.14. The Morgan fingerprint density at radius 2 is 1.68 bits per heavy atom. The molecule has 0 unspecified atom stereocenters. The summed E-state index contributed by atoms with van der Waals surface area (Å²) in [5.41, 5.74) is 0.312. The van der Waals surface area contributed by atoms with Crippen LogP contribution < -0.4 is 0 Å². The molecule has 0 bridgehead atoms. The summed E-state index contributed by atoms with van der Waals surface area (Å²) in [5, 5.41) is 0. The molecule has 1 aliphatic heterocycles. The lowest BCUT2D eigenvalue weighted by atomic mass is 9.96. The minimum Gasteiger partial charge on any atom is -0.486 e. The first-order valence-electron chi connectivity index (χ1n) is 7.68. The molecule has 140 valence electrons. The standard InChI is InChI=1S/C16H22O9/c1-9(17)23-8-13(24-10(2)18)14(25-11(3)19)12-6-5-7-22-15(12)16(20)21-4/h13-14H,5-8H2,1-4H3/t13-,14+/m1/s1.